The van der Waals surface area contributed by atoms with Crippen molar-refractivity contribution in [2.45, 2.75) is 38.3 Å². The van der Waals surface area contributed by atoms with E-state index in [1.165, 1.54) is 0 Å². The van der Waals surface area contributed by atoms with Crippen LogP contribution >= 0.6 is 0 Å². The number of likely N-dealkylation sites (tertiary alicyclic amines) is 1. The van der Waals surface area contributed by atoms with E-state index >= 15 is 0 Å². The number of nitrogens with one attached hydrogen (secondary N) is 1. The molecule has 0 aromatic heterocycles. The van der Waals surface area contributed by atoms with Gasteiger partial charge in [0.15, 0.2) is 0 Å². The Labute approximate surface area is 170 Å². The minimum absolute atomic E-state index is 0.0124. The van der Waals surface area contributed by atoms with Crippen LogP contribution in [-0.4, -0.2) is 40.4 Å². The van der Waals surface area contributed by atoms with Gasteiger partial charge in [0.25, 0.3) is 0 Å². The van der Waals surface area contributed by atoms with E-state index in [1.54, 1.807) is 4.90 Å². The molecular formula is C23H26N2O4. The van der Waals surface area contributed by atoms with E-state index in [0.717, 1.165) is 11.1 Å². The summed E-state index contributed by atoms with van der Waals surface area (Å²) in [4.78, 5) is 37.9. The number of hydrogen-bond acceptors (Lipinski definition) is 3. The van der Waals surface area contributed by atoms with Crippen LogP contribution < -0.4 is 5.32 Å². The van der Waals surface area contributed by atoms with Crippen molar-refractivity contribution in [1.82, 2.24) is 10.2 Å². The van der Waals surface area contributed by atoms with Crippen LogP contribution in [0, 0.1) is 5.92 Å². The molecule has 0 spiro atoms. The molecule has 6 nitrogen and oxygen atoms in total. The molecule has 3 rings (SSSR count). The fourth-order valence-electron chi connectivity index (χ4n) is 3.65. The Bertz CT molecular complexity index is 838. The summed E-state index contributed by atoms with van der Waals surface area (Å²) in [7, 11) is 0. The summed E-state index contributed by atoms with van der Waals surface area (Å²) < 4.78 is 0. The van der Waals surface area contributed by atoms with Crippen molar-refractivity contribution in [3.63, 3.8) is 0 Å². The third kappa shape index (κ3) is 6.17. The predicted molar refractivity (Wildman–Crippen MR) is 109 cm³/mol. The van der Waals surface area contributed by atoms with Crippen molar-refractivity contribution in [2.75, 3.05) is 6.54 Å². The number of carbonyl (C=O) groups is 3. The summed E-state index contributed by atoms with van der Waals surface area (Å²) in [5, 5.41) is 12.0. The van der Waals surface area contributed by atoms with Gasteiger partial charge in [-0.25, -0.2) is 0 Å². The Hall–Kier alpha value is -3.15. The molecule has 2 unspecified atom stereocenters. The van der Waals surface area contributed by atoms with E-state index in [-0.39, 0.29) is 30.7 Å². The van der Waals surface area contributed by atoms with Gasteiger partial charge in [-0.1, -0.05) is 60.7 Å². The Kier molecular flexibility index (Phi) is 7.00. The van der Waals surface area contributed by atoms with E-state index in [2.05, 4.69) is 5.32 Å². The van der Waals surface area contributed by atoms with Gasteiger partial charge in [-0.2, -0.15) is 0 Å². The molecule has 2 N–H and O–H groups in total. The van der Waals surface area contributed by atoms with E-state index in [0.29, 0.717) is 25.9 Å². The predicted octanol–water partition coefficient (Wildman–Crippen LogP) is 2.63. The molecule has 1 saturated heterocycles. The van der Waals surface area contributed by atoms with Gasteiger partial charge in [0, 0.05) is 32.0 Å². The molecule has 2 aromatic rings. The van der Waals surface area contributed by atoms with Gasteiger partial charge in [0.2, 0.25) is 11.8 Å². The van der Waals surface area contributed by atoms with Crippen molar-refractivity contribution in [3.8, 4) is 0 Å². The van der Waals surface area contributed by atoms with Gasteiger partial charge in [-0.15, -0.1) is 0 Å². The second kappa shape index (κ2) is 9.87. The minimum atomic E-state index is -0.887. The average Bonchev–Trinajstić information content (AvgIpc) is 3.08. The van der Waals surface area contributed by atoms with E-state index in [9.17, 15) is 14.4 Å². The molecule has 1 fully saturated rings. The molecule has 0 saturated carbocycles. The molecular weight excluding hydrogens is 368 g/mol. The standard InChI is InChI=1S/C23H26N2O4/c26-21-14-19(16-25(21)15-18-9-5-2-6-10-18)23(29)24-20(11-12-22(27)28)13-17-7-3-1-4-8-17/h1-10,19-20H,11-16H2,(H,24,29)(H,27,28). The number of carbonyl (C=O) groups excluding carboxylic acids is 2. The summed E-state index contributed by atoms with van der Waals surface area (Å²) in [6.45, 7) is 0.881. The van der Waals surface area contributed by atoms with E-state index in [1.807, 2.05) is 60.7 Å². The topological polar surface area (TPSA) is 86.7 Å². The molecule has 0 radical (unpaired) electrons. The molecule has 1 heterocycles. The van der Waals surface area contributed by atoms with Gasteiger partial charge in [-0.3, -0.25) is 14.4 Å². The highest BCUT2D eigenvalue weighted by atomic mass is 16.4. The molecule has 152 valence electrons. The third-order valence-corrected chi connectivity index (χ3v) is 5.18. The van der Waals surface area contributed by atoms with Crippen molar-refractivity contribution >= 4 is 17.8 Å². The maximum Gasteiger partial charge on any atom is 0.303 e. The third-order valence-electron chi connectivity index (χ3n) is 5.18. The lowest BCUT2D eigenvalue weighted by Gasteiger charge is -2.21. The number of hydrogen-bond donors (Lipinski definition) is 2. The fourth-order valence-corrected chi connectivity index (χ4v) is 3.65. The second-order valence-electron chi connectivity index (χ2n) is 7.49. The molecule has 0 aliphatic carbocycles. The molecule has 1 aliphatic rings. The summed E-state index contributed by atoms with van der Waals surface area (Å²) >= 11 is 0. The number of amides is 2. The van der Waals surface area contributed by atoms with Crippen LogP contribution in [0.25, 0.3) is 0 Å². The molecule has 2 aromatic carbocycles. The number of aliphatic carboxylic acids is 1. The highest BCUT2D eigenvalue weighted by Gasteiger charge is 2.35. The average molecular weight is 394 g/mol. The maximum atomic E-state index is 12.8. The number of benzene rings is 2. The smallest absolute Gasteiger partial charge is 0.303 e. The van der Waals surface area contributed by atoms with Gasteiger partial charge >= 0.3 is 5.97 Å². The molecule has 1 aliphatic heterocycles. The molecule has 2 atom stereocenters. The Balaban J connectivity index is 1.59. The Morgan fingerprint density at radius 2 is 1.66 bits per heavy atom. The Morgan fingerprint density at radius 3 is 2.28 bits per heavy atom. The fraction of sp³-hybridized carbons (Fsp3) is 0.348. The highest BCUT2D eigenvalue weighted by molar-refractivity contribution is 5.89. The second-order valence-corrected chi connectivity index (χ2v) is 7.49. The lowest BCUT2D eigenvalue weighted by molar-refractivity contribution is -0.137. The SMILES string of the molecule is O=C(O)CCC(Cc1ccccc1)NC(=O)C1CC(=O)N(Cc2ccccc2)C1. The quantitative estimate of drug-likeness (QED) is 0.685. The highest BCUT2D eigenvalue weighted by Crippen LogP contribution is 2.21. The van der Waals surface area contributed by atoms with E-state index in [4.69, 9.17) is 5.11 Å². The first kappa shape index (κ1) is 20.6. The number of carboxylic acids is 1. The summed E-state index contributed by atoms with van der Waals surface area (Å²) in [6, 6.07) is 19.1. The molecule has 0 bridgehead atoms. The largest absolute Gasteiger partial charge is 0.481 e. The van der Waals surface area contributed by atoms with E-state index < -0.39 is 11.9 Å². The van der Waals surface area contributed by atoms with Crippen molar-refractivity contribution in [3.05, 3.63) is 71.8 Å². The first-order valence-electron chi connectivity index (χ1n) is 9.89. The van der Waals surface area contributed by atoms with Crippen LogP contribution in [0.2, 0.25) is 0 Å². The molecule has 6 heteroatoms. The molecule has 2 amide bonds. The van der Waals surface area contributed by atoms with Crippen molar-refractivity contribution in [1.29, 1.82) is 0 Å². The molecule has 29 heavy (non-hydrogen) atoms. The summed E-state index contributed by atoms with van der Waals surface area (Å²) in [6.07, 6.45) is 1.09. The van der Waals surface area contributed by atoms with Crippen LogP contribution in [0.1, 0.15) is 30.4 Å². The van der Waals surface area contributed by atoms with Gasteiger partial charge in [-0.05, 0) is 24.0 Å². The zero-order valence-corrected chi connectivity index (χ0v) is 16.3. The van der Waals surface area contributed by atoms with Crippen LogP contribution in [0.5, 0.6) is 0 Å². The number of nitrogens with zero attached hydrogens (tertiary/aromatic N) is 1. The zero-order valence-electron chi connectivity index (χ0n) is 16.3. The van der Waals surface area contributed by atoms with Gasteiger partial charge < -0.3 is 15.3 Å². The lowest BCUT2D eigenvalue weighted by atomic mass is 10.00. The summed E-state index contributed by atoms with van der Waals surface area (Å²) in [5.41, 5.74) is 2.07. The first-order chi connectivity index (χ1) is 14.0. The summed E-state index contributed by atoms with van der Waals surface area (Å²) in [5.74, 6) is -1.50. The number of carboxylic acid groups (broad SMARTS) is 1. The van der Waals surface area contributed by atoms with Crippen molar-refractivity contribution < 1.29 is 19.5 Å². The lowest BCUT2D eigenvalue weighted by Crippen LogP contribution is -2.41. The first-order valence-corrected chi connectivity index (χ1v) is 9.89. The number of rotatable bonds is 9. The van der Waals surface area contributed by atoms with Crippen LogP contribution in [-0.2, 0) is 27.3 Å². The van der Waals surface area contributed by atoms with Crippen LogP contribution in [0.3, 0.4) is 0 Å². The zero-order chi connectivity index (χ0) is 20.6. The minimum Gasteiger partial charge on any atom is -0.481 e. The van der Waals surface area contributed by atoms with Gasteiger partial charge in [0.05, 0.1) is 5.92 Å². The van der Waals surface area contributed by atoms with Gasteiger partial charge in [0.1, 0.15) is 0 Å². The maximum absolute atomic E-state index is 12.8. The van der Waals surface area contributed by atoms with Crippen molar-refractivity contribution in [2.24, 2.45) is 5.92 Å². The normalized spacial score (nSPS) is 17.2. The monoisotopic (exact) mass is 394 g/mol. The Morgan fingerprint density at radius 1 is 1.03 bits per heavy atom. The van der Waals surface area contributed by atoms with Crippen LogP contribution in [0.4, 0.5) is 0 Å². The van der Waals surface area contributed by atoms with Crippen LogP contribution in [0.15, 0.2) is 60.7 Å².